The Morgan fingerprint density at radius 1 is 1.02 bits per heavy atom. The molecule has 1 aliphatic heterocycles. The molecule has 9 nitrogen and oxygen atoms in total. The molecule has 0 atom stereocenters. The number of anilines is 1. The van der Waals surface area contributed by atoms with Gasteiger partial charge in [-0.1, -0.05) is 12.5 Å². The van der Waals surface area contributed by atoms with Crippen molar-refractivity contribution in [2.75, 3.05) is 38.4 Å². The summed E-state index contributed by atoms with van der Waals surface area (Å²) < 4.78 is 46.6. The van der Waals surface area contributed by atoms with Gasteiger partial charge in [-0.15, -0.1) is 0 Å². The van der Waals surface area contributed by atoms with Crippen molar-refractivity contribution in [2.24, 2.45) is 10.8 Å². The topological polar surface area (TPSA) is 103 Å². The predicted molar refractivity (Wildman–Crippen MR) is 166 cm³/mol. The first-order valence-electron chi connectivity index (χ1n) is 14.5. The zero-order valence-corrected chi connectivity index (χ0v) is 24.8. The first-order chi connectivity index (χ1) is 21.3. The van der Waals surface area contributed by atoms with Crippen LogP contribution < -0.4 is 25.0 Å². The van der Waals surface area contributed by atoms with Crippen molar-refractivity contribution in [3.05, 3.63) is 83.6 Å². The van der Waals surface area contributed by atoms with Gasteiger partial charge in [0.05, 0.1) is 31.1 Å². The van der Waals surface area contributed by atoms with Gasteiger partial charge < -0.3 is 24.8 Å². The summed E-state index contributed by atoms with van der Waals surface area (Å²) in [5.74, 6) is 0.246. The van der Waals surface area contributed by atoms with E-state index in [-0.39, 0.29) is 11.4 Å². The number of piperidine rings is 1. The summed E-state index contributed by atoms with van der Waals surface area (Å²) in [6.45, 7) is 5.53. The Morgan fingerprint density at radius 3 is 2.59 bits per heavy atom. The van der Waals surface area contributed by atoms with Crippen LogP contribution in [-0.4, -0.2) is 55.5 Å². The molecule has 11 heteroatoms. The van der Waals surface area contributed by atoms with Gasteiger partial charge in [0.25, 0.3) is 0 Å². The lowest BCUT2D eigenvalue weighted by molar-refractivity contribution is 0.203. The molecule has 2 amide bonds. The number of aryl methyl sites for hydroxylation is 1. The average molecular weight is 604 g/mol. The summed E-state index contributed by atoms with van der Waals surface area (Å²) in [5.41, 5.74) is 7.17. The number of nitrogens with two attached hydrogens (primary N) is 1. The lowest BCUT2D eigenvalue weighted by atomic mass is 10.1. The second-order valence-electron chi connectivity index (χ2n) is 10.6. The number of primary amides is 1. The second-order valence-corrected chi connectivity index (χ2v) is 10.6. The number of carbonyl (C=O) groups is 1. The number of pyridine rings is 1. The molecule has 1 fully saturated rings. The standard InChI is InChI=1S/C33H35F2N5O4/c1-22-7-9-24(34)18-28(22)40(33(36)41)38-21-23-8-10-30(26(35)17-23)44-29-11-12-37-27-20-32(31(42-2)19-25(27)29)43-16-6-15-39-13-4-3-5-14-39/h7-12,17-21H,3-6,13-16H2,1-2H3,(H2,36,41)/b38-21+. The molecule has 44 heavy (non-hydrogen) atoms. The van der Waals surface area contributed by atoms with Gasteiger partial charge in [-0.2, -0.15) is 10.1 Å². The maximum absolute atomic E-state index is 15.2. The van der Waals surface area contributed by atoms with Crippen LogP contribution in [0.4, 0.5) is 19.3 Å². The number of likely N-dealkylation sites (tertiary alicyclic amines) is 1. The minimum Gasteiger partial charge on any atom is -0.493 e. The summed E-state index contributed by atoms with van der Waals surface area (Å²) in [4.78, 5) is 18.9. The molecule has 3 aromatic carbocycles. The van der Waals surface area contributed by atoms with E-state index in [9.17, 15) is 9.18 Å². The van der Waals surface area contributed by atoms with E-state index in [1.165, 1.54) is 49.7 Å². The van der Waals surface area contributed by atoms with Crippen molar-refractivity contribution in [3.63, 3.8) is 0 Å². The van der Waals surface area contributed by atoms with Gasteiger partial charge in [-0.3, -0.25) is 4.98 Å². The van der Waals surface area contributed by atoms with E-state index in [1.54, 1.807) is 44.5 Å². The normalized spacial score (nSPS) is 13.7. The van der Waals surface area contributed by atoms with Gasteiger partial charge in [-0.05, 0) is 86.8 Å². The quantitative estimate of drug-likeness (QED) is 0.115. The number of rotatable bonds is 11. The Balaban J connectivity index is 1.30. The first kappa shape index (κ1) is 30.7. The summed E-state index contributed by atoms with van der Waals surface area (Å²) >= 11 is 0. The molecule has 2 heterocycles. The van der Waals surface area contributed by atoms with E-state index in [4.69, 9.17) is 19.9 Å². The molecule has 0 unspecified atom stereocenters. The largest absolute Gasteiger partial charge is 0.493 e. The van der Waals surface area contributed by atoms with E-state index < -0.39 is 17.7 Å². The third kappa shape index (κ3) is 7.41. The van der Waals surface area contributed by atoms with Crippen molar-refractivity contribution in [1.82, 2.24) is 9.88 Å². The number of hydrogen-bond donors (Lipinski definition) is 1. The summed E-state index contributed by atoms with van der Waals surface area (Å²) in [6.07, 6.45) is 7.56. The molecule has 2 N–H and O–H groups in total. The zero-order chi connectivity index (χ0) is 31.1. The molecule has 0 radical (unpaired) electrons. The first-order valence-corrected chi connectivity index (χ1v) is 14.5. The van der Waals surface area contributed by atoms with Gasteiger partial charge in [0.1, 0.15) is 11.6 Å². The molecule has 1 aliphatic rings. The van der Waals surface area contributed by atoms with Gasteiger partial charge in [0.2, 0.25) is 0 Å². The number of methoxy groups -OCH3 is 1. The van der Waals surface area contributed by atoms with Crippen LogP contribution in [0.3, 0.4) is 0 Å². The van der Waals surface area contributed by atoms with Crippen LogP contribution in [0.2, 0.25) is 0 Å². The van der Waals surface area contributed by atoms with Crippen molar-refractivity contribution >= 4 is 28.8 Å². The van der Waals surface area contributed by atoms with Gasteiger partial charge in [0, 0.05) is 30.3 Å². The summed E-state index contributed by atoms with van der Waals surface area (Å²) in [7, 11) is 1.56. The minimum atomic E-state index is -0.915. The Kier molecular flexibility index (Phi) is 9.86. The van der Waals surface area contributed by atoms with E-state index >= 15 is 4.39 Å². The maximum atomic E-state index is 15.2. The molecule has 0 bridgehead atoms. The molecule has 0 saturated carbocycles. The zero-order valence-electron chi connectivity index (χ0n) is 24.8. The van der Waals surface area contributed by atoms with Gasteiger partial charge in [0.15, 0.2) is 23.1 Å². The number of benzene rings is 3. The molecule has 1 saturated heterocycles. The second kappa shape index (κ2) is 14.1. The average Bonchev–Trinajstić information content (AvgIpc) is 3.02. The minimum absolute atomic E-state index is 0.0283. The molecule has 0 spiro atoms. The van der Waals surface area contributed by atoms with Crippen LogP contribution >= 0.6 is 0 Å². The highest BCUT2D eigenvalue weighted by molar-refractivity contribution is 5.94. The Labute approximate surface area is 254 Å². The molecule has 230 valence electrons. The van der Waals surface area contributed by atoms with Gasteiger partial charge in [-0.25, -0.2) is 13.6 Å². The third-order valence-corrected chi connectivity index (χ3v) is 7.42. The van der Waals surface area contributed by atoms with Crippen LogP contribution in [0.1, 0.15) is 36.8 Å². The Bertz CT molecular complexity index is 1660. The number of fused-ring (bicyclic) bond motifs is 1. The monoisotopic (exact) mass is 603 g/mol. The third-order valence-electron chi connectivity index (χ3n) is 7.42. The molecule has 1 aromatic heterocycles. The predicted octanol–water partition coefficient (Wildman–Crippen LogP) is 6.80. The van der Waals surface area contributed by atoms with Gasteiger partial charge >= 0.3 is 6.03 Å². The van der Waals surface area contributed by atoms with Crippen molar-refractivity contribution in [2.45, 2.75) is 32.6 Å². The number of amides is 2. The number of halogens is 2. The smallest absolute Gasteiger partial charge is 0.340 e. The van der Waals surface area contributed by atoms with Crippen LogP contribution in [0.25, 0.3) is 10.9 Å². The highest BCUT2D eigenvalue weighted by Crippen LogP contribution is 2.37. The number of ether oxygens (including phenoxy) is 3. The number of aromatic nitrogens is 1. The van der Waals surface area contributed by atoms with E-state index in [0.717, 1.165) is 37.1 Å². The Hall–Kier alpha value is -4.77. The van der Waals surface area contributed by atoms with Crippen molar-refractivity contribution in [3.8, 4) is 23.0 Å². The van der Waals surface area contributed by atoms with Crippen LogP contribution in [0.5, 0.6) is 23.0 Å². The van der Waals surface area contributed by atoms with Crippen LogP contribution in [0, 0.1) is 18.6 Å². The molecule has 5 rings (SSSR count). The number of carbonyl (C=O) groups excluding carboxylic acids is 1. The summed E-state index contributed by atoms with van der Waals surface area (Å²) in [5, 5.41) is 5.54. The maximum Gasteiger partial charge on any atom is 0.340 e. The van der Waals surface area contributed by atoms with Crippen LogP contribution in [-0.2, 0) is 0 Å². The SMILES string of the molecule is COc1cc2c(Oc3ccc(/C=N/N(C(N)=O)c4cc(F)ccc4C)cc3F)ccnc2cc1OCCCN1CCCCC1. The number of hydrazone groups is 1. The number of nitrogens with zero attached hydrogens (tertiary/aromatic N) is 4. The molecule has 4 aromatic rings. The Morgan fingerprint density at radius 2 is 1.84 bits per heavy atom. The number of hydrogen-bond acceptors (Lipinski definition) is 7. The highest BCUT2D eigenvalue weighted by Gasteiger charge is 2.17. The molecular weight excluding hydrogens is 568 g/mol. The van der Waals surface area contributed by atoms with E-state index in [2.05, 4.69) is 15.0 Å². The fourth-order valence-corrected chi connectivity index (χ4v) is 5.11. The lowest BCUT2D eigenvalue weighted by Crippen LogP contribution is -2.31. The number of urea groups is 1. The molecular formula is C33H35F2N5O4. The van der Waals surface area contributed by atoms with E-state index in [0.29, 0.717) is 45.9 Å². The molecule has 0 aliphatic carbocycles. The lowest BCUT2D eigenvalue weighted by Gasteiger charge is -2.26. The van der Waals surface area contributed by atoms with E-state index in [1.807, 2.05) is 0 Å². The fraction of sp³-hybridized carbons (Fsp3) is 0.303. The van der Waals surface area contributed by atoms with Crippen LogP contribution in [0.15, 0.2) is 65.9 Å². The summed E-state index contributed by atoms with van der Waals surface area (Å²) in [6, 6.07) is 12.4. The highest BCUT2D eigenvalue weighted by atomic mass is 19.1. The van der Waals surface area contributed by atoms with Crippen molar-refractivity contribution < 1.29 is 27.8 Å². The fourth-order valence-electron chi connectivity index (χ4n) is 5.11. The van der Waals surface area contributed by atoms with Crippen molar-refractivity contribution in [1.29, 1.82) is 0 Å².